The lowest BCUT2D eigenvalue weighted by atomic mass is 10.1. The number of hydrogen-bond donors (Lipinski definition) is 2. The maximum absolute atomic E-state index is 12.1. The Labute approximate surface area is 122 Å². The molecule has 0 aliphatic carbocycles. The number of likely N-dealkylation sites (N-methyl/N-ethyl adjacent to an activating group) is 1. The zero-order valence-corrected chi connectivity index (χ0v) is 13.2. The number of carbonyl (C=O) groups excluding carboxylic acids is 1. The number of rotatable bonds is 6. The minimum Gasteiger partial charge on any atom is -0.347 e. The van der Waals surface area contributed by atoms with Gasteiger partial charge in [0.2, 0.25) is 5.91 Å². The summed E-state index contributed by atoms with van der Waals surface area (Å²) in [5.74, 6) is 0.0237. The van der Waals surface area contributed by atoms with Crippen molar-refractivity contribution in [3.8, 4) is 0 Å². The van der Waals surface area contributed by atoms with Gasteiger partial charge in [0.15, 0.2) is 0 Å². The minimum atomic E-state index is -0.0544. The van der Waals surface area contributed by atoms with Crippen molar-refractivity contribution in [3.05, 3.63) is 35.9 Å². The first-order valence-corrected chi connectivity index (χ1v) is 7.02. The summed E-state index contributed by atoms with van der Waals surface area (Å²) in [5, 5.41) is 6.30. The van der Waals surface area contributed by atoms with Crippen molar-refractivity contribution in [3.63, 3.8) is 0 Å². The quantitative estimate of drug-likeness (QED) is 0.833. The molecule has 2 N–H and O–H groups in total. The number of nitrogens with zero attached hydrogens (tertiary/aromatic N) is 1. The molecule has 0 aliphatic heterocycles. The predicted octanol–water partition coefficient (Wildman–Crippen LogP) is 1.79. The second-order valence-corrected chi connectivity index (χ2v) is 6.40. The van der Waals surface area contributed by atoms with E-state index in [0.29, 0.717) is 6.54 Å². The largest absolute Gasteiger partial charge is 0.347 e. The van der Waals surface area contributed by atoms with Gasteiger partial charge >= 0.3 is 0 Å². The molecule has 0 fully saturated rings. The Morgan fingerprint density at radius 3 is 2.30 bits per heavy atom. The fourth-order valence-electron chi connectivity index (χ4n) is 1.88. The molecule has 1 aromatic rings. The van der Waals surface area contributed by atoms with Crippen molar-refractivity contribution in [1.29, 1.82) is 0 Å². The summed E-state index contributed by atoms with van der Waals surface area (Å²) in [4.78, 5) is 14.1. The molecule has 0 heterocycles. The van der Waals surface area contributed by atoms with Crippen molar-refractivity contribution >= 4 is 5.91 Å². The Bertz CT molecular complexity index is 409. The Balaban J connectivity index is 2.64. The summed E-state index contributed by atoms with van der Waals surface area (Å²) >= 11 is 0. The lowest BCUT2D eigenvalue weighted by molar-refractivity contribution is -0.121. The summed E-state index contributed by atoms with van der Waals surface area (Å²) < 4.78 is 0. The third-order valence-corrected chi connectivity index (χ3v) is 2.86. The van der Waals surface area contributed by atoms with Gasteiger partial charge in [-0.15, -0.1) is 0 Å². The van der Waals surface area contributed by atoms with Crippen molar-refractivity contribution in [2.24, 2.45) is 0 Å². The highest BCUT2D eigenvalue weighted by atomic mass is 16.2. The first-order chi connectivity index (χ1) is 9.28. The van der Waals surface area contributed by atoms with E-state index in [1.165, 1.54) is 0 Å². The monoisotopic (exact) mass is 277 g/mol. The van der Waals surface area contributed by atoms with E-state index < -0.39 is 0 Å². The van der Waals surface area contributed by atoms with Crippen LogP contribution in [-0.4, -0.2) is 43.5 Å². The van der Waals surface area contributed by atoms with Crippen LogP contribution in [-0.2, 0) is 4.79 Å². The zero-order chi connectivity index (χ0) is 15.2. The smallest absolute Gasteiger partial charge is 0.234 e. The number of carbonyl (C=O) groups is 1. The maximum atomic E-state index is 12.1. The van der Waals surface area contributed by atoms with Crippen molar-refractivity contribution < 1.29 is 4.79 Å². The van der Waals surface area contributed by atoms with Gasteiger partial charge in [-0.1, -0.05) is 30.3 Å². The summed E-state index contributed by atoms with van der Waals surface area (Å²) in [6.45, 7) is 7.27. The van der Waals surface area contributed by atoms with Crippen LogP contribution >= 0.6 is 0 Å². The van der Waals surface area contributed by atoms with Gasteiger partial charge in [-0.3, -0.25) is 4.79 Å². The Kier molecular flexibility index (Phi) is 6.17. The maximum Gasteiger partial charge on any atom is 0.234 e. The molecule has 0 saturated heterocycles. The van der Waals surface area contributed by atoms with Crippen LogP contribution in [0, 0.1) is 0 Å². The highest BCUT2D eigenvalue weighted by Gasteiger charge is 2.17. The highest BCUT2D eigenvalue weighted by molar-refractivity contribution is 5.78. The molecule has 1 unspecified atom stereocenters. The molecule has 20 heavy (non-hydrogen) atoms. The first kappa shape index (κ1) is 16.7. The van der Waals surface area contributed by atoms with Gasteiger partial charge < -0.3 is 15.5 Å². The predicted molar refractivity (Wildman–Crippen MR) is 83.6 cm³/mol. The average Bonchev–Trinajstić information content (AvgIpc) is 2.35. The Morgan fingerprint density at radius 2 is 1.80 bits per heavy atom. The summed E-state index contributed by atoms with van der Waals surface area (Å²) in [7, 11) is 4.02. The van der Waals surface area contributed by atoms with Crippen LogP contribution in [0.1, 0.15) is 32.4 Å². The van der Waals surface area contributed by atoms with Crippen LogP contribution in [0.15, 0.2) is 30.3 Å². The van der Waals surface area contributed by atoms with Crippen molar-refractivity contribution in [2.75, 3.05) is 27.2 Å². The minimum absolute atomic E-state index is 0.0143. The molecule has 0 spiro atoms. The molecule has 0 saturated carbocycles. The first-order valence-electron chi connectivity index (χ1n) is 7.02. The molecule has 0 aromatic heterocycles. The van der Waals surface area contributed by atoms with Gasteiger partial charge in [0.25, 0.3) is 0 Å². The molecule has 1 aromatic carbocycles. The van der Waals surface area contributed by atoms with E-state index in [-0.39, 0.29) is 17.5 Å². The number of hydrogen-bond acceptors (Lipinski definition) is 3. The average molecular weight is 277 g/mol. The van der Waals surface area contributed by atoms with Crippen molar-refractivity contribution in [1.82, 2.24) is 15.5 Å². The van der Waals surface area contributed by atoms with Crippen LogP contribution in [0.25, 0.3) is 0 Å². The molecule has 1 amide bonds. The van der Waals surface area contributed by atoms with E-state index in [2.05, 4.69) is 36.3 Å². The second-order valence-electron chi connectivity index (χ2n) is 6.40. The fourth-order valence-corrected chi connectivity index (χ4v) is 1.88. The van der Waals surface area contributed by atoms with Gasteiger partial charge in [-0.2, -0.15) is 0 Å². The molecule has 1 atom stereocenters. The topological polar surface area (TPSA) is 44.4 Å². The van der Waals surface area contributed by atoms with E-state index in [9.17, 15) is 4.79 Å². The van der Waals surface area contributed by atoms with Crippen LogP contribution in [0.2, 0.25) is 0 Å². The molecular weight excluding hydrogens is 250 g/mol. The summed E-state index contributed by atoms with van der Waals surface area (Å²) in [5.41, 5.74) is 1.08. The lowest BCUT2D eigenvalue weighted by Crippen LogP contribution is -2.45. The van der Waals surface area contributed by atoms with E-state index in [1.54, 1.807) is 0 Å². The molecular formula is C16H27N3O. The van der Waals surface area contributed by atoms with E-state index >= 15 is 0 Å². The van der Waals surface area contributed by atoms with Gasteiger partial charge in [-0.05, 0) is 40.4 Å². The highest BCUT2D eigenvalue weighted by Crippen LogP contribution is 2.13. The molecule has 0 bridgehead atoms. The Hall–Kier alpha value is -1.39. The van der Waals surface area contributed by atoms with E-state index in [4.69, 9.17) is 0 Å². The van der Waals surface area contributed by atoms with Gasteiger partial charge in [-0.25, -0.2) is 0 Å². The van der Waals surface area contributed by atoms with Crippen LogP contribution < -0.4 is 10.6 Å². The fraction of sp³-hybridized carbons (Fsp3) is 0.562. The van der Waals surface area contributed by atoms with Crippen LogP contribution in [0.3, 0.4) is 0 Å². The van der Waals surface area contributed by atoms with E-state index in [1.807, 2.05) is 44.4 Å². The molecule has 0 aliphatic rings. The zero-order valence-electron chi connectivity index (χ0n) is 13.2. The van der Waals surface area contributed by atoms with Crippen LogP contribution in [0.4, 0.5) is 0 Å². The standard InChI is InChI=1S/C16H27N3O/c1-16(2,3)17-11-15(20)18-14(12-19(4)5)13-9-7-6-8-10-13/h6-10,14,17H,11-12H2,1-5H3,(H,18,20). The van der Waals surface area contributed by atoms with Gasteiger partial charge in [0.1, 0.15) is 0 Å². The van der Waals surface area contributed by atoms with Crippen LogP contribution in [0.5, 0.6) is 0 Å². The van der Waals surface area contributed by atoms with Gasteiger partial charge in [0, 0.05) is 12.1 Å². The molecule has 112 valence electrons. The molecule has 4 nitrogen and oxygen atoms in total. The lowest BCUT2D eigenvalue weighted by Gasteiger charge is -2.25. The number of benzene rings is 1. The third kappa shape index (κ3) is 6.68. The number of nitrogens with one attached hydrogen (secondary N) is 2. The summed E-state index contributed by atoms with van der Waals surface area (Å²) in [6.07, 6.45) is 0. The Morgan fingerprint density at radius 1 is 1.20 bits per heavy atom. The van der Waals surface area contributed by atoms with Gasteiger partial charge in [0.05, 0.1) is 12.6 Å². The molecule has 0 radical (unpaired) electrons. The van der Waals surface area contributed by atoms with E-state index in [0.717, 1.165) is 12.1 Å². The normalized spacial score (nSPS) is 13.3. The SMILES string of the molecule is CN(C)CC(NC(=O)CNC(C)(C)C)c1ccccc1. The third-order valence-electron chi connectivity index (χ3n) is 2.86. The number of amides is 1. The second kappa shape index (κ2) is 7.41. The molecule has 4 heteroatoms. The van der Waals surface area contributed by atoms with Crippen molar-refractivity contribution in [2.45, 2.75) is 32.4 Å². The molecule has 1 rings (SSSR count). The summed E-state index contributed by atoms with van der Waals surface area (Å²) in [6, 6.07) is 10.1.